The number of nitrogens with zero attached hydrogens (tertiary/aromatic N) is 3. The van der Waals surface area contributed by atoms with Crippen LogP contribution in [-0.2, 0) is 4.74 Å². The van der Waals surface area contributed by atoms with Crippen LogP contribution in [0.5, 0.6) is 0 Å². The Labute approximate surface area is 108 Å². The molecule has 18 heavy (non-hydrogen) atoms. The molecule has 0 bridgehead atoms. The van der Waals surface area contributed by atoms with Gasteiger partial charge >= 0.3 is 0 Å². The van der Waals surface area contributed by atoms with Crippen molar-refractivity contribution in [1.29, 1.82) is 0 Å². The third-order valence-electron chi connectivity index (χ3n) is 3.83. The highest BCUT2D eigenvalue weighted by atomic mass is 16.5. The largest absolute Gasteiger partial charge is 0.381 e. The maximum atomic E-state index is 5.89. The molecule has 0 aromatic carbocycles. The molecular formula is C13H22N4O. The molecule has 1 fully saturated rings. The Morgan fingerprint density at radius 2 is 2.39 bits per heavy atom. The summed E-state index contributed by atoms with van der Waals surface area (Å²) in [6.45, 7) is 3.82. The van der Waals surface area contributed by atoms with Gasteiger partial charge in [0.25, 0.3) is 0 Å². The van der Waals surface area contributed by atoms with Crippen LogP contribution in [-0.4, -0.2) is 47.2 Å². The third kappa shape index (κ3) is 2.85. The molecule has 1 aliphatic rings. The van der Waals surface area contributed by atoms with E-state index in [0.29, 0.717) is 18.7 Å². The van der Waals surface area contributed by atoms with Crippen molar-refractivity contribution in [3.8, 4) is 0 Å². The van der Waals surface area contributed by atoms with E-state index in [0.717, 1.165) is 25.1 Å². The molecule has 3 unspecified atom stereocenters. The zero-order valence-electron chi connectivity index (χ0n) is 11.1. The highest BCUT2D eigenvalue weighted by Gasteiger charge is 2.31. The fourth-order valence-corrected chi connectivity index (χ4v) is 2.68. The van der Waals surface area contributed by atoms with E-state index in [4.69, 9.17) is 10.5 Å². The van der Waals surface area contributed by atoms with E-state index in [-0.39, 0.29) is 6.04 Å². The monoisotopic (exact) mass is 250 g/mol. The van der Waals surface area contributed by atoms with Crippen LogP contribution >= 0.6 is 0 Å². The van der Waals surface area contributed by atoms with Gasteiger partial charge < -0.3 is 10.5 Å². The number of rotatable bonds is 4. The maximum absolute atomic E-state index is 5.89. The number of piperidine rings is 1. The van der Waals surface area contributed by atoms with E-state index in [2.05, 4.69) is 21.8 Å². The van der Waals surface area contributed by atoms with Gasteiger partial charge in [0.2, 0.25) is 0 Å². The Kier molecular flexibility index (Phi) is 4.63. The van der Waals surface area contributed by atoms with Crippen LogP contribution in [0.25, 0.3) is 0 Å². The molecule has 0 amide bonds. The SMILES string of the molecule is COC1CCN(C(C)c2cnccn2)C(CN)C1. The number of nitrogens with two attached hydrogens (primary N) is 1. The predicted molar refractivity (Wildman–Crippen MR) is 70.0 cm³/mol. The number of aromatic nitrogens is 2. The Bertz CT molecular complexity index is 359. The highest BCUT2D eigenvalue weighted by molar-refractivity contribution is 5.03. The first-order valence-corrected chi connectivity index (χ1v) is 6.50. The standard InChI is InChI=1S/C13H22N4O/c1-10(13-9-15-4-5-16-13)17-6-3-12(18-2)7-11(17)8-14/h4-5,9-12H,3,6-8,14H2,1-2H3. The van der Waals surface area contributed by atoms with Crippen molar-refractivity contribution < 1.29 is 4.74 Å². The molecule has 2 rings (SSSR count). The van der Waals surface area contributed by atoms with Crippen molar-refractivity contribution in [3.63, 3.8) is 0 Å². The van der Waals surface area contributed by atoms with Crippen molar-refractivity contribution >= 4 is 0 Å². The van der Waals surface area contributed by atoms with Crippen molar-refractivity contribution in [1.82, 2.24) is 14.9 Å². The zero-order chi connectivity index (χ0) is 13.0. The van der Waals surface area contributed by atoms with E-state index in [1.54, 1.807) is 19.5 Å². The van der Waals surface area contributed by atoms with E-state index in [9.17, 15) is 0 Å². The molecule has 1 aromatic heterocycles. The van der Waals surface area contributed by atoms with Crippen molar-refractivity contribution in [2.24, 2.45) is 5.73 Å². The summed E-state index contributed by atoms with van der Waals surface area (Å²) in [6.07, 6.45) is 7.67. The minimum atomic E-state index is 0.255. The Hall–Kier alpha value is -1.04. The number of likely N-dealkylation sites (tertiary alicyclic amines) is 1. The van der Waals surface area contributed by atoms with Gasteiger partial charge in [-0.05, 0) is 19.8 Å². The second kappa shape index (κ2) is 6.22. The summed E-state index contributed by atoms with van der Waals surface area (Å²) in [5.41, 5.74) is 6.90. The van der Waals surface area contributed by atoms with Crippen molar-refractivity contribution in [2.45, 2.75) is 38.0 Å². The molecule has 0 spiro atoms. The van der Waals surface area contributed by atoms with E-state index < -0.39 is 0 Å². The molecule has 2 N–H and O–H groups in total. The van der Waals surface area contributed by atoms with Gasteiger partial charge in [0.1, 0.15) is 0 Å². The molecule has 2 heterocycles. The minimum absolute atomic E-state index is 0.255. The molecule has 5 heteroatoms. The van der Waals surface area contributed by atoms with Crippen molar-refractivity contribution in [3.05, 3.63) is 24.3 Å². The molecule has 100 valence electrons. The van der Waals surface area contributed by atoms with Crippen LogP contribution in [0.1, 0.15) is 31.5 Å². The second-order valence-electron chi connectivity index (χ2n) is 4.82. The average molecular weight is 250 g/mol. The number of ether oxygens (including phenoxy) is 1. The van der Waals surface area contributed by atoms with Gasteiger partial charge in [0.05, 0.1) is 17.8 Å². The summed E-state index contributed by atoms with van der Waals surface area (Å²) in [6, 6.07) is 0.616. The van der Waals surface area contributed by atoms with Crippen LogP contribution < -0.4 is 5.73 Å². The number of hydrogen-bond donors (Lipinski definition) is 1. The van der Waals surface area contributed by atoms with Crippen LogP contribution in [0.2, 0.25) is 0 Å². The van der Waals surface area contributed by atoms with Crippen LogP contribution in [0.4, 0.5) is 0 Å². The molecule has 1 saturated heterocycles. The average Bonchev–Trinajstić information content (AvgIpc) is 2.46. The molecule has 3 atom stereocenters. The van der Waals surface area contributed by atoms with Gasteiger partial charge in [-0.15, -0.1) is 0 Å². The van der Waals surface area contributed by atoms with Crippen LogP contribution in [0, 0.1) is 0 Å². The lowest BCUT2D eigenvalue weighted by atomic mass is 9.97. The van der Waals surface area contributed by atoms with Gasteiger partial charge in [-0.1, -0.05) is 0 Å². The second-order valence-corrected chi connectivity index (χ2v) is 4.82. The first-order chi connectivity index (χ1) is 8.76. The first kappa shape index (κ1) is 13.4. The molecule has 0 radical (unpaired) electrons. The lowest BCUT2D eigenvalue weighted by molar-refractivity contribution is -0.00236. The Morgan fingerprint density at radius 3 is 3.00 bits per heavy atom. The van der Waals surface area contributed by atoms with Gasteiger partial charge in [-0.2, -0.15) is 0 Å². The summed E-state index contributed by atoms with van der Waals surface area (Å²) in [5.74, 6) is 0. The molecule has 0 saturated carbocycles. The normalized spacial score (nSPS) is 27.1. The van der Waals surface area contributed by atoms with E-state index in [1.807, 2.05) is 6.20 Å². The summed E-state index contributed by atoms with van der Waals surface area (Å²) < 4.78 is 5.45. The lowest BCUT2D eigenvalue weighted by Crippen LogP contribution is -2.49. The topological polar surface area (TPSA) is 64.3 Å². The fraction of sp³-hybridized carbons (Fsp3) is 0.692. The summed E-state index contributed by atoms with van der Waals surface area (Å²) in [7, 11) is 1.78. The molecule has 1 aliphatic heterocycles. The fourth-order valence-electron chi connectivity index (χ4n) is 2.68. The lowest BCUT2D eigenvalue weighted by Gasteiger charge is -2.41. The minimum Gasteiger partial charge on any atom is -0.381 e. The van der Waals surface area contributed by atoms with E-state index >= 15 is 0 Å². The van der Waals surface area contributed by atoms with Gasteiger partial charge in [-0.3, -0.25) is 14.9 Å². The highest BCUT2D eigenvalue weighted by Crippen LogP contribution is 2.27. The first-order valence-electron chi connectivity index (χ1n) is 6.50. The van der Waals surface area contributed by atoms with Crippen LogP contribution in [0.15, 0.2) is 18.6 Å². The molecular weight excluding hydrogens is 228 g/mol. The summed E-state index contributed by atoms with van der Waals surface area (Å²) >= 11 is 0. The predicted octanol–water partition coefficient (Wildman–Crippen LogP) is 0.976. The molecule has 0 aliphatic carbocycles. The molecule has 5 nitrogen and oxygen atoms in total. The zero-order valence-corrected chi connectivity index (χ0v) is 11.1. The van der Waals surface area contributed by atoms with Crippen molar-refractivity contribution in [2.75, 3.05) is 20.2 Å². The Morgan fingerprint density at radius 1 is 1.56 bits per heavy atom. The smallest absolute Gasteiger partial charge is 0.0755 e. The van der Waals surface area contributed by atoms with Gasteiger partial charge in [0.15, 0.2) is 0 Å². The molecule has 1 aromatic rings. The maximum Gasteiger partial charge on any atom is 0.0755 e. The van der Waals surface area contributed by atoms with E-state index in [1.165, 1.54) is 0 Å². The van der Waals surface area contributed by atoms with Crippen LogP contribution in [0.3, 0.4) is 0 Å². The third-order valence-corrected chi connectivity index (χ3v) is 3.83. The number of methoxy groups -OCH3 is 1. The number of hydrogen-bond acceptors (Lipinski definition) is 5. The van der Waals surface area contributed by atoms with Gasteiger partial charge in [0, 0.05) is 44.8 Å². The van der Waals surface area contributed by atoms with Gasteiger partial charge in [-0.25, -0.2) is 0 Å². The Balaban J connectivity index is 2.07. The quantitative estimate of drug-likeness (QED) is 0.863. The summed E-state index contributed by atoms with van der Waals surface area (Å²) in [4.78, 5) is 10.9. The summed E-state index contributed by atoms with van der Waals surface area (Å²) in [5, 5.41) is 0.